The minimum atomic E-state index is -0.296. The molecule has 3 aromatic heterocycles. The van der Waals surface area contributed by atoms with E-state index in [1.54, 1.807) is 36.5 Å². The van der Waals surface area contributed by atoms with Crippen molar-refractivity contribution in [3.63, 3.8) is 0 Å². The van der Waals surface area contributed by atoms with Crippen LogP contribution in [0.1, 0.15) is 17.0 Å². The molecule has 1 aliphatic heterocycles. The minimum Gasteiger partial charge on any atom is -0.454 e. The molecule has 1 aliphatic rings. The second-order valence-electron chi connectivity index (χ2n) is 9.31. The Balaban J connectivity index is 1.36. The van der Waals surface area contributed by atoms with Crippen LogP contribution in [0.5, 0.6) is 11.5 Å². The molecule has 0 aliphatic carbocycles. The lowest BCUT2D eigenvalue weighted by Crippen LogP contribution is -2.20. The molecule has 0 saturated heterocycles. The summed E-state index contributed by atoms with van der Waals surface area (Å²) in [4.78, 5) is 18.4. The lowest BCUT2D eigenvalue weighted by molar-refractivity contribution is 0.174. The zero-order valence-electron chi connectivity index (χ0n) is 21.0. The summed E-state index contributed by atoms with van der Waals surface area (Å²) in [7, 11) is 0. The fourth-order valence-electron chi connectivity index (χ4n) is 4.97. The number of furan rings is 1. The Morgan fingerprint density at radius 2 is 1.82 bits per heavy atom. The third-order valence-electron chi connectivity index (χ3n) is 6.85. The monoisotopic (exact) mass is 536 g/mol. The van der Waals surface area contributed by atoms with E-state index in [1.807, 2.05) is 56.3 Å². The van der Waals surface area contributed by atoms with Crippen LogP contribution in [0.15, 0.2) is 87.1 Å². The Hall–Kier alpha value is -4.82. The summed E-state index contributed by atoms with van der Waals surface area (Å²) in [6.45, 7) is 4.24. The van der Waals surface area contributed by atoms with E-state index in [4.69, 9.17) is 30.5 Å². The van der Waals surface area contributed by atoms with Crippen LogP contribution in [-0.4, -0.2) is 27.2 Å². The molecule has 0 spiro atoms. The van der Waals surface area contributed by atoms with Crippen LogP contribution in [0.25, 0.3) is 39.1 Å². The average molecular weight is 537 g/mol. The number of halogens is 1. The van der Waals surface area contributed by atoms with Crippen LogP contribution in [0, 0.1) is 13.8 Å². The highest BCUT2D eigenvalue weighted by Crippen LogP contribution is 2.35. The summed E-state index contributed by atoms with van der Waals surface area (Å²) in [6.07, 6.45) is 1.67. The molecule has 0 bridgehead atoms. The van der Waals surface area contributed by atoms with E-state index in [9.17, 15) is 4.79 Å². The van der Waals surface area contributed by atoms with Gasteiger partial charge in [0.25, 0.3) is 5.56 Å². The molecule has 4 heterocycles. The first kappa shape index (κ1) is 23.3. The maximum absolute atomic E-state index is 13.6. The molecule has 0 fully saturated rings. The first-order chi connectivity index (χ1) is 19.0. The van der Waals surface area contributed by atoms with E-state index in [0.717, 1.165) is 33.8 Å². The first-order valence-electron chi connectivity index (χ1n) is 12.3. The summed E-state index contributed by atoms with van der Waals surface area (Å²) >= 11 is 6.18. The topological polar surface area (TPSA) is 83.8 Å². The van der Waals surface area contributed by atoms with Crippen molar-refractivity contribution in [1.82, 2.24) is 14.2 Å². The van der Waals surface area contributed by atoms with E-state index in [2.05, 4.69) is 9.67 Å². The predicted molar refractivity (Wildman–Crippen MR) is 151 cm³/mol. The molecule has 0 radical (unpaired) electrons. The van der Waals surface area contributed by atoms with Crippen molar-refractivity contribution in [2.24, 2.45) is 5.10 Å². The van der Waals surface area contributed by atoms with Crippen molar-refractivity contribution in [3.8, 4) is 28.8 Å². The van der Waals surface area contributed by atoms with Gasteiger partial charge in [-0.05, 0) is 68.4 Å². The predicted octanol–water partition coefficient (Wildman–Crippen LogP) is 6.48. The third kappa shape index (κ3) is 3.88. The number of benzene rings is 3. The maximum atomic E-state index is 13.6. The van der Waals surface area contributed by atoms with E-state index >= 15 is 0 Å². The fourth-order valence-corrected chi connectivity index (χ4v) is 5.16. The second kappa shape index (κ2) is 8.89. The molecule has 0 amide bonds. The SMILES string of the molecule is Cc1cc(C=Nn2c(-c3cc4cc(Cl)ccc4o3)nc3ccccc3c2=O)c(C)n1-c1ccc2c(c1)OCO2. The summed E-state index contributed by atoms with van der Waals surface area (Å²) < 4.78 is 20.5. The van der Waals surface area contributed by atoms with E-state index in [1.165, 1.54) is 4.68 Å². The van der Waals surface area contributed by atoms with Crippen molar-refractivity contribution >= 4 is 39.7 Å². The Labute approximate surface area is 227 Å². The number of nitrogens with zero attached hydrogens (tertiary/aromatic N) is 4. The highest BCUT2D eigenvalue weighted by Gasteiger charge is 2.19. The Morgan fingerprint density at radius 1 is 0.974 bits per heavy atom. The Bertz CT molecular complexity index is 2020. The van der Waals surface area contributed by atoms with Crippen molar-refractivity contribution in [2.75, 3.05) is 6.79 Å². The van der Waals surface area contributed by atoms with Gasteiger partial charge in [-0.25, -0.2) is 4.98 Å². The van der Waals surface area contributed by atoms with E-state index in [0.29, 0.717) is 38.8 Å². The molecule has 39 heavy (non-hydrogen) atoms. The van der Waals surface area contributed by atoms with E-state index < -0.39 is 0 Å². The molecule has 7 rings (SSSR count). The first-order valence-corrected chi connectivity index (χ1v) is 12.7. The normalized spacial score (nSPS) is 12.8. The molecule has 0 N–H and O–H groups in total. The lowest BCUT2D eigenvalue weighted by Gasteiger charge is -2.10. The van der Waals surface area contributed by atoms with Crippen LogP contribution in [0.2, 0.25) is 5.02 Å². The number of para-hydroxylation sites is 1. The largest absolute Gasteiger partial charge is 0.454 e. The maximum Gasteiger partial charge on any atom is 0.282 e. The van der Waals surface area contributed by atoms with Gasteiger partial charge < -0.3 is 18.5 Å². The lowest BCUT2D eigenvalue weighted by atomic mass is 10.2. The molecular weight excluding hydrogens is 516 g/mol. The van der Waals surface area contributed by atoms with Crippen LogP contribution >= 0.6 is 11.6 Å². The van der Waals surface area contributed by atoms with Crippen molar-refractivity contribution < 1.29 is 13.9 Å². The van der Waals surface area contributed by atoms with Gasteiger partial charge >= 0.3 is 0 Å². The number of aromatic nitrogens is 3. The summed E-state index contributed by atoms with van der Waals surface area (Å²) in [5.41, 5.74) is 4.66. The van der Waals surface area contributed by atoms with Crippen molar-refractivity contribution in [2.45, 2.75) is 13.8 Å². The van der Waals surface area contributed by atoms with Gasteiger partial charge in [0.05, 0.1) is 17.1 Å². The van der Waals surface area contributed by atoms with Gasteiger partial charge in [0.1, 0.15) is 5.58 Å². The van der Waals surface area contributed by atoms with Gasteiger partial charge in [0.2, 0.25) is 12.6 Å². The third-order valence-corrected chi connectivity index (χ3v) is 7.08. The summed E-state index contributed by atoms with van der Waals surface area (Å²) in [5, 5.41) is 6.49. The molecule has 0 saturated carbocycles. The summed E-state index contributed by atoms with van der Waals surface area (Å²) in [5.74, 6) is 2.15. The van der Waals surface area contributed by atoms with Crippen LogP contribution in [0.3, 0.4) is 0 Å². The number of hydrogen-bond donors (Lipinski definition) is 0. The van der Waals surface area contributed by atoms with Gasteiger partial charge in [0.15, 0.2) is 17.3 Å². The second-order valence-corrected chi connectivity index (χ2v) is 9.74. The highest BCUT2D eigenvalue weighted by atomic mass is 35.5. The molecule has 6 aromatic rings. The summed E-state index contributed by atoms with van der Waals surface area (Å²) in [6, 6.07) is 22.2. The fraction of sp³-hybridized carbons (Fsp3) is 0.100. The Morgan fingerprint density at radius 3 is 2.72 bits per heavy atom. The molecular formula is C30H21ClN4O4. The van der Waals surface area contributed by atoms with Crippen molar-refractivity contribution in [3.05, 3.63) is 105 Å². The van der Waals surface area contributed by atoms with Gasteiger partial charge in [-0.2, -0.15) is 9.78 Å². The van der Waals surface area contributed by atoms with Gasteiger partial charge in [0, 0.05) is 39.1 Å². The number of hydrogen-bond acceptors (Lipinski definition) is 6. The van der Waals surface area contributed by atoms with Gasteiger partial charge in [-0.15, -0.1) is 0 Å². The van der Waals surface area contributed by atoms with Crippen LogP contribution in [-0.2, 0) is 0 Å². The molecule has 8 nitrogen and oxygen atoms in total. The molecule has 0 atom stereocenters. The number of rotatable bonds is 4. The average Bonchev–Trinajstić information content (AvgIpc) is 3.64. The van der Waals surface area contributed by atoms with Gasteiger partial charge in [-0.3, -0.25) is 4.79 Å². The van der Waals surface area contributed by atoms with Crippen LogP contribution in [0.4, 0.5) is 0 Å². The van der Waals surface area contributed by atoms with E-state index in [-0.39, 0.29) is 12.4 Å². The molecule has 9 heteroatoms. The molecule has 3 aromatic carbocycles. The number of fused-ring (bicyclic) bond motifs is 3. The zero-order valence-corrected chi connectivity index (χ0v) is 21.8. The quantitative estimate of drug-likeness (QED) is 0.241. The van der Waals surface area contributed by atoms with Gasteiger partial charge in [-0.1, -0.05) is 23.7 Å². The standard InChI is InChI=1S/C30H21ClN4O4/c1-17-11-20(18(2)34(17)22-8-10-26-27(14-22)38-16-37-26)15-32-35-29(33-24-6-4-3-5-23(24)30(35)36)28-13-19-12-21(31)7-9-25(19)39-28/h3-15H,16H2,1-2H3. The number of ether oxygens (including phenoxy) is 2. The molecule has 0 unspecified atom stereocenters. The highest BCUT2D eigenvalue weighted by molar-refractivity contribution is 6.31. The smallest absolute Gasteiger partial charge is 0.282 e. The zero-order chi connectivity index (χ0) is 26.7. The van der Waals surface area contributed by atoms with Crippen molar-refractivity contribution in [1.29, 1.82) is 0 Å². The van der Waals surface area contributed by atoms with Crippen LogP contribution < -0.4 is 15.0 Å². The Kier molecular flexibility index (Phi) is 5.31. The minimum absolute atomic E-state index is 0.218. The number of aryl methyl sites for hydroxylation is 1. The molecule has 192 valence electrons.